The topological polar surface area (TPSA) is 74.6 Å². The van der Waals surface area contributed by atoms with Crippen LogP contribution in [0.2, 0.25) is 0 Å². The second kappa shape index (κ2) is 6.18. The molecule has 0 aliphatic carbocycles. The molecule has 4 heteroatoms. The number of unbranched alkanes of at least 4 members (excludes halogenated alkanes) is 2. The Balaban J connectivity index is 4.52. The van der Waals surface area contributed by atoms with Crippen molar-refractivity contribution in [2.75, 3.05) is 0 Å². The molecule has 0 radical (unpaired) electrons. The van der Waals surface area contributed by atoms with Gasteiger partial charge in [-0.3, -0.25) is 0 Å². The second-order valence-corrected chi connectivity index (χ2v) is 3.17. The fraction of sp³-hybridized carbons (Fsp3) is 0.600. The zero-order valence-corrected chi connectivity index (χ0v) is 8.54. The van der Waals surface area contributed by atoms with E-state index < -0.39 is 11.9 Å². The van der Waals surface area contributed by atoms with E-state index in [9.17, 15) is 9.59 Å². The largest absolute Gasteiger partial charge is 0.478 e. The van der Waals surface area contributed by atoms with E-state index in [0.717, 1.165) is 19.3 Å². The predicted octanol–water partition coefficient (Wildman–Crippen LogP) is 2.05. The van der Waals surface area contributed by atoms with Gasteiger partial charge in [0.2, 0.25) is 0 Å². The Morgan fingerprint density at radius 2 is 1.64 bits per heavy atom. The van der Waals surface area contributed by atoms with Gasteiger partial charge < -0.3 is 10.2 Å². The van der Waals surface area contributed by atoms with Gasteiger partial charge in [-0.2, -0.15) is 0 Å². The van der Waals surface area contributed by atoms with Crippen LogP contribution >= 0.6 is 0 Å². The molecular weight excluding hydrogens is 184 g/mol. The van der Waals surface area contributed by atoms with Crippen LogP contribution in [0.25, 0.3) is 0 Å². The Morgan fingerprint density at radius 1 is 1.07 bits per heavy atom. The summed E-state index contributed by atoms with van der Waals surface area (Å²) in [5.74, 6) is -2.28. The molecule has 2 N–H and O–H groups in total. The highest BCUT2D eigenvalue weighted by molar-refractivity contribution is 5.98. The van der Waals surface area contributed by atoms with Gasteiger partial charge in [-0.1, -0.05) is 19.8 Å². The smallest absolute Gasteiger partial charge is 0.332 e. The fourth-order valence-electron chi connectivity index (χ4n) is 1.14. The molecule has 0 aromatic heterocycles. The Bertz CT molecular complexity index is 253. The molecule has 0 bridgehead atoms. The van der Waals surface area contributed by atoms with Crippen molar-refractivity contribution in [1.29, 1.82) is 0 Å². The Morgan fingerprint density at radius 3 is 2.00 bits per heavy atom. The minimum absolute atomic E-state index is 0.0194. The van der Waals surface area contributed by atoms with Crippen molar-refractivity contribution in [2.45, 2.75) is 39.5 Å². The molecule has 14 heavy (non-hydrogen) atoms. The average molecular weight is 200 g/mol. The number of carboxylic acid groups (broad SMARTS) is 2. The maximum atomic E-state index is 10.7. The molecule has 0 amide bonds. The van der Waals surface area contributed by atoms with Gasteiger partial charge in [0.1, 0.15) is 0 Å². The van der Waals surface area contributed by atoms with Gasteiger partial charge in [0.05, 0.1) is 0 Å². The van der Waals surface area contributed by atoms with Crippen molar-refractivity contribution in [3.8, 4) is 0 Å². The van der Waals surface area contributed by atoms with Crippen molar-refractivity contribution in [2.24, 2.45) is 0 Å². The number of rotatable bonds is 6. The maximum absolute atomic E-state index is 10.7. The highest BCUT2D eigenvalue weighted by Gasteiger charge is 2.15. The van der Waals surface area contributed by atoms with Crippen LogP contribution in [0, 0.1) is 0 Å². The number of carbonyl (C=O) groups is 2. The zero-order valence-electron chi connectivity index (χ0n) is 8.54. The van der Waals surface area contributed by atoms with Gasteiger partial charge in [0.25, 0.3) is 0 Å². The molecule has 0 aliphatic rings. The quantitative estimate of drug-likeness (QED) is 0.508. The summed E-state index contributed by atoms with van der Waals surface area (Å²) in [6.45, 7) is 3.34. The van der Waals surface area contributed by atoms with Crippen molar-refractivity contribution in [3.05, 3.63) is 11.1 Å². The van der Waals surface area contributed by atoms with Gasteiger partial charge in [-0.05, 0) is 19.8 Å². The third-order valence-electron chi connectivity index (χ3n) is 2.06. The molecule has 0 aromatic carbocycles. The van der Waals surface area contributed by atoms with Gasteiger partial charge in [-0.15, -0.1) is 0 Å². The summed E-state index contributed by atoms with van der Waals surface area (Å²) in [6, 6.07) is 0. The maximum Gasteiger partial charge on any atom is 0.332 e. The fourth-order valence-corrected chi connectivity index (χ4v) is 1.14. The van der Waals surface area contributed by atoms with E-state index in [2.05, 4.69) is 0 Å². The molecule has 0 atom stereocenters. The van der Waals surface area contributed by atoms with E-state index in [-0.39, 0.29) is 11.1 Å². The number of hydrogen-bond acceptors (Lipinski definition) is 2. The van der Waals surface area contributed by atoms with E-state index in [1.165, 1.54) is 6.92 Å². The van der Waals surface area contributed by atoms with Crippen molar-refractivity contribution in [3.63, 3.8) is 0 Å². The van der Waals surface area contributed by atoms with Crippen LogP contribution in [-0.4, -0.2) is 22.2 Å². The zero-order chi connectivity index (χ0) is 11.1. The van der Waals surface area contributed by atoms with Crippen molar-refractivity contribution >= 4 is 11.9 Å². The minimum atomic E-state index is -1.15. The van der Waals surface area contributed by atoms with E-state index in [4.69, 9.17) is 10.2 Å². The molecule has 0 unspecified atom stereocenters. The standard InChI is InChI=1S/C10H16O4/c1-3-4-5-6-8(10(13)14)7(2)9(11)12/h3-6H2,1-2H3,(H,11,12)(H,13,14)/b8-7+. The average Bonchev–Trinajstić information content (AvgIpc) is 2.10. The summed E-state index contributed by atoms with van der Waals surface area (Å²) in [7, 11) is 0. The molecule has 0 saturated carbocycles. The van der Waals surface area contributed by atoms with Crippen molar-refractivity contribution in [1.82, 2.24) is 0 Å². The number of hydrogen-bond donors (Lipinski definition) is 2. The molecule has 0 heterocycles. The molecule has 0 saturated heterocycles. The van der Waals surface area contributed by atoms with E-state index in [0.29, 0.717) is 6.42 Å². The molecule has 80 valence electrons. The Kier molecular flexibility index (Phi) is 5.60. The molecule has 0 aromatic rings. The highest BCUT2D eigenvalue weighted by Crippen LogP contribution is 2.14. The molecule has 0 spiro atoms. The van der Waals surface area contributed by atoms with E-state index in [1.807, 2.05) is 6.92 Å². The molecule has 0 rings (SSSR count). The molecule has 4 nitrogen and oxygen atoms in total. The normalized spacial score (nSPS) is 12.1. The van der Waals surface area contributed by atoms with Crippen molar-refractivity contribution < 1.29 is 19.8 Å². The third-order valence-corrected chi connectivity index (χ3v) is 2.06. The van der Waals surface area contributed by atoms with E-state index >= 15 is 0 Å². The van der Waals surface area contributed by atoms with Gasteiger partial charge in [0, 0.05) is 11.1 Å². The first-order chi connectivity index (χ1) is 6.50. The first kappa shape index (κ1) is 12.7. The monoisotopic (exact) mass is 200 g/mol. The second-order valence-electron chi connectivity index (χ2n) is 3.17. The van der Waals surface area contributed by atoms with Crippen LogP contribution in [0.5, 0.6) is 0 Å². The van der Waals surface area contributed by atoms with E-state index in [1.54, 1.807) is 0 Å². The summed E-state index contributed by atoms with van der Waals surface area (Å²) in [5.41, 5.74) is -0.0421. The number of carboxylic acids is 2. The summed E-state index contributed by atoms with van der Waals surface area (Å²) in [4.78, 5) is 21.3. The van der Waals surface area contributed by atoms with Crippen LogP contribution in [0.1, 0.15) is 39.5 Å². The Hall–Kier alpha value is -1.32. The van der Waals surface area contributed by atoms with Crippen LogP contribution in [0.15, 0.2) is 11.1 Å². The molecular formula is C10H16O4. The lowest BCUT2D eigenvalue weighted by molar-refractivity contribution is -0.136. The van der Waals surface area contributed by atoms with Crippen LogP contribution in [0.4, 0.5) is 0 Å². The highest BCUT2D eigenvalue weighted by atomic mass is 16.4. The summed E-state index contributed by atoms with van der Waals surface area (Å²) in [6.07, 6.45) is 2.97. The van der Waals surface area contributed by atoms with Crippen LogP contribution in [0.3, 0.4) is 0 Å². The SMILES string of the molecule is CCCCC/C(C(=O)O)=C(/C)C(=O)O. The van der Waals surface area contributed by atoms with Crippen LogP contribution in [-0.2, 0) is 9.59 Å². The number of aliphatic carboxylic acids is 2. The van der Waals surface area contributed by atoms with Gasteiger partial charge in [0.15, 0.2) is 0 Å². The van der Waals surface area contributed by atoms with Crippen LogP contribution < -0.4 is 0 Å². The minimum Gasteiger partial charge on any atom is -0.478 e. The van der Waals surface area contributed by atoms with Gasteiger partial charge in [-0.25, -0.2) is 9.59 Å². The summed E-state index contributed by atoms with van der Waals surface area (Å²) >= 11 is 0. The molecule has 0 fully saturated rings. The molecule has 0 aliphatic heterocycles. The lowest BCUT2D eigenvalue weighted by Crippen LogP contribution is -2.09. The first-order valence-corrected chi connectivity index (χ1v) is 4.67. The lowest BCUT2D eigenvalue weighted by atomic mass is 10.0. The third kappa shape index (κ3) is 4.07. The summed E-state index contributed by atoms with van der Waals surface area (Å²) < 4.78 is 0. The van der Waals surface area contributed by atoms with Gasteiger partial charge >= 0.3 is 11.9 Å². The first-order valence-electron chi connectivity index (χ1n) is 4.67. The Labute approximate surface area is 83.2 Å². The summed E-state index contributed by atoms with van der Waals surface area (Å²) in [5, 5.41) is 17.4. The lowest BCUT2D eigenvalue weighted by Gasteiger charge is -2.04. The predicted molar refractivity (Wildman–Crippen MR) is 52.1 cm³/mol.